The summed E-state index contributed by atoms with van der Waals surface area (Å²) >= 11 is 12.1. The van der Waals surface area contributed by atoms with Crippen LogP contribution in [0.3, 0.4) is 0 Å². The van der Waals surface area contributed by atoms with Crippen LogP contribution in [0, 0.1) is 11.0 Å². The normalized spacial score (nSPS) is 10.8. The van der Waals surface area contributed by atoms with Crippen molar-refractivity contribution in [1.29, 1.82) is 0 Å². The Hall–Kier alpha value is -3.55. The van der Waals surface area contributed by atoms with E-state index in [1.807, 2.05) is 0 Å². The van der Waals surface area contributed by atoms with E-state index in [1.54, 1.807) is 30.3 Å². The van der Waals surface area contributed by atoms with Crippen LogP contribution in [0.5, 0.6) is 0 Å². The highest BCUT2D eigenvalue weighted by Gasteiger charge is 2.28. The number of hydrogen-bond acceptors (Lipinski definition) is 5. The van der Waals surface area contributed by atoms with Crippen LogP contribution in [-0.4, -0.2) is 16.7 Å². The predicted octanol–water partition coefficient (Wildman–Crippen LogP) is 4.90. The van der Waals surface area contributed by atoms with Gasteiger partial charge in [0, 0.05) is 11.6 Å². The van der Waals surface area contributed by atoms with Crippen LogP contribution in [0.2, 0.25) is 10.0 Å². The van der Waals surface area contributed by atoms with Gasteiger partial charge in [0.05, 0.1) is 15.6 Å². The third-order valence-electron chi connectivity index (χ3n) is 4.64. The van der Waals surface area contributed by atoms with Crippen molar-refractivity contribution in [1.82, 2.24) is 4.98 Å². The number of ether oxygens (including phenoxy) is 1. The molecule has 6 nitrogen and oxygen atoms in total. The SMILES string of the molecule is O=C(OCc1nc2cc(Cl)c(Cl)cc2[n+]([O-])c1C(=O)c1ccccc1)c1ccc(F)cc1. The molecule has 0 bridgehead atoms. The van der Waals surface area contributed by atoms with Crippen LogP contribution in [-0.2, 0) is 11.3 Å². The van der Waals surface area contributed by atoms with Gasteiger partial charge in [0.2, 0.25) is 5.52 Å². The average molecular weight is 471 g/mol. The Kier molecular flexibility index (Phi) is 6.03. The van der Waals surface area contributed by atoms with Crippen LogP contribution < -0.4 is 4.73 Å². The van der Waals surface area contributed by atoms with E-state index in [0.717, 1.165) is 12.1 Å². The second-order valence-corrected chi connectivity index (χ2v) is 7.55. The molecule has 160 valence electrons. The Bertz CT molecular complexity index is 1350. The van der Waals surface area contributed by atoms with Gasteiger partial charge in [0.25, 0.3) is 11.5 Å². The highest BCUT2D eigenvalue weighted by atomic mass is 35.5. The number of benzene rings is 3. The lowest BCUT2D eigenvalue weighted by atomic mass is 10.1. The van der Waals surface area contributed by atoms with E-state index in [1.165, 1.54) is 24.3 Å². The molecule has 0 fully saturated rings. The molecule has 0 aliphatic carbocycles. The molecule has 0 amide bonds. The number of ketones is 1. The summed E-state index contributed by atoms with van der Waals surface area (Å²) in [6, 6.07) is 15.6. The zero-order valence-corrected chi connectivity index (χ0v) is 17.7. The summed E-state index contributed by atoms with van der Waals surface area (Å²) in [6.07, 6.45) is 0. The first-order valence-electron chi connectivity index (χ1n) is 9.29. The van der Waals surface area contributed by atoms with Crippen molar-refractivity contribution in [2.75, 3.05) is 0 Å². The molecule has 0 atom stereocenters. The smallest absolute Gasteiger partial charge is 0.338 e. The van der Waals surface area contributed by atoms with E-state index in [0.29, 0.717) is 4.73 Å². The predicted molar refractivity (Wildman–Crippen MR) is 116 cm³/mol. The molecule has 0 spiro atoms. The number of nitrogens with zero attached hydrogens (tertiary/aromatic N) is 2. The van der Waals surface area contributed by atoms with Crippen molar-refractivity contribution in [3.63, 3.8) is 0 Å². The molecule has 4 aromatic rings. The van der Waals surface area contributed by atoms with Gasteiger partial charge < -0.3 is 9.94 Å². The minimum atomic E-state index is -0.767. The molecule has 0 saturated carbocycles. The highest BCUT2D eigenvalue weighted by molar-refractivity contribution is 6.42. The standard InChI is InChI=1S/C23H13Cl2FN2O4/c24-16-10-18-20(11-17(16)25)28(31)21(22(29)13-4-2-1-3-5-13)19(27-18)12-32-23(30)14-6-8-15(26)9-7-14/h1-11H,12H2. The molecule has 0 unspecified atom stereocenters. The lowest BCUT2D eigenvalue weighted by Gasteiger charge is -2.12. The highest BCUT2D eigenvalue weighted by Crippen LogP contribution is 2.26. The number of aromatic nitrogens is 2. The third kappa shape index (κ3) is 4.26. The van der Waals surface area contributed by atoms with Gasteiger partial charge in [-0.3, -0.25) is 4.79 Å². The number of carbonyl (C=O) groups excluding carboxylic acids is 2. The molecule has 0 radical (unpaired) electrons. The molecule has 4 rings (SSSR count). The van der Waals surface area contributed by atoms with Crippen molar-refractivity contribution < 1.29 is 23.4 Å². The molecule has 0 N–H and O–H groups in total. The maximum absolute atomic E-state index is 13.2. The van der Waals surface area contributed by atoms with Gasteiger partial charge in [-0.25, -0.2) is 14.2 Å². The van der Waals surface area contributed by atoms with Gasteiger partial charge in [0.15, 0.2) is 5.69 Å². The molecular weight excluding hydrogens is 458 g/mol. The summed E-state index contributed by atoms with van der Waals surface area (Å²) in [7, 11) is 0. The number of rotatable bonds is 5. The van der Waals surface area contributed by atoms with Gasteiger partial charge in [-0.2, -0.15) is 4.73 Å². The Labute approximate surface area is 191 Å². The molecule has 1 heterocycles. The van der Waals surface area contributed by atoms with Crippen LogP contribution in [0.15, 0.2) is 66.7 Å². The zero-order chi connectivity index (χ0) is 22.8. The lowest BCUT2D eigenvalue weighted by Crippen LogP contribution is -2.38. The number of carbonyl (C=O) groups is 2. The topological polar surface area (TPSA) is 83.2 Å². The maximum Gasteiger partial charge on any atom is 0.338 e. The van der Waals surface area contributed by atoms with Crippen LogP contribution in [0.4, 0.5) is 4.39 Å². The van der Waals surface area contributed by atoms with Gasteiger partial charge in [-0.05, 0) is 30.3 Å². The fourth-order valence-corrected chi connectivity index (χ4v) is 3.38. The zero-order valence-electron chi connectivity index (χ0n) is 16.2. The van der Waals surface area contributed by atoms with Gasteiger partial charge in [0.1, 0.15) is 17.9 Å². The number of fused-ring (bicyclic) bond motifs is 1. The summed E-state index contributed by atoms with van der Waals surface area (Å²) in [6.45, 7) is -0.470. The Morgan fingerprint density at radius 2 is 1.62 bits per heavy atom. The second kappa shape index (κ2) is 8.90. The summed E-state index contributed by atoms with van der Waals surface area (Å²) in [5, 5.41) is 13.4. The number of esters is 1. The summed E-state index contributed by atoms with van der Waals surface area (Å²) in [5.74, 6) is -1.87. The maximum atomic E-state index is 13.2. The molecule has 1 aromatic heterocycles. The largest absolute Gasteiger partial charge is 0.618 e. The Morgan fingerprint density at radius 1 is 0.969 bits per heavy atom. The molecular formula is C23H13Cl2FN2O4. The molecule has 0 aliphatic rings. The monoisotopic (exact) mass is 470 g/mol. The summed E-state index contributed by atoms with van der Waals surface area (Å²) in [4.78, 5) is 29.8. The van der Waals surface area contributed by atoms with Crippen LogP contribution in [0.25, 0.3) is 11.0 Å². The van der Waals surface area contributed by atoms with E-state index in [-0.39, 0.29) is 43.6 Å². The third-order valence-corrected chi connectivity index (χ3v) is 5.36. The van der Waals surface area contributed by atoms with Crippen molar-refractivity contribution in [3.8, 4) is 0 Å². The first-order valence-corrected chi connectivity index (χ1v) is 10.0. The van der Waals surface area contributed by atoms with E-state index < -0.39 is 24.2 Å². The molecule has 32 heavy (non-hydrogen) atoms. The van der Waals surface area contributed by atoms with Crippen molar-refractivity contribution >= 4 is 46.0 Å². The summed E-state index contributed by atoms with van der Waals surface area (Å²) < 4.78 is 18.8. The van der Waals surface area contributed by atoms with Crippen LogP contribution >= 0.6 is 23.2 Å². The van der Waals surface area contributed by atoms with Gasteiger partial charge in [-0.15, -0.1) is 0 Å². The first-order chi connectivity index (χ1) is 15.3. The fraction of sp³-hybridized carbons (Fsp3) is 0.0435. The van der Waals surface area contributed by atoms with Crippen molar-refractivity contribution in [2.45, 2.75) is 6.61 Å². The van der Waals surface area contributed by atoms with E-state index in [9.17, 15) is 19.2 Å². The Balaban J connectivity index is 1.78. The van der Waals surface area contributed by atoms with Gasteiger partial charge >= 0.3 is 5.97 Å². The number of hydrogen-bond donors (Lipinski definition) is 0. The molecule has 9 heteroatoms. The molecule has 3 aromatic carbocycles. The fourth-order valence-electron chi connectivity index (χ4n) is 3.07. The van der Waals surface area contributed by atoms with E-state index in [2.05, 4.69) is 4.98 Å². The number of halogens is 3. The lowest BCUT2D eigenvalue weighted by molar-refractivity contribution is -0.580. The molecule has 0 saturated heterocycles. The first kappa shape index (κ1) is 21.7. The van der Waals surface area contributed by atoms with E-state index >= 15 is 0 Å². The molecule has 0 aliphatic heterocycles. The van der Waals surface area contributed by atoms with Gasteiger partial charge in [-0.1, -0.05) is 53.5 Å². The average Bonchev–Trinajstić information content (AvgIpc) is 2.79. The van der Waals surface area contributed by atoms with Crippen LogP contribution in [0.1, 0.15) is 32.1 Å². The minimum absolute atomic E-state index is 0.0345. The van der Waals surface area contributed by atoms with Crippen molar-refractivity contribution in [2.24, 2.45) is 0 Å². The van der Waals surface area contributed by atoms with Crippen molar-refractivity contribution in [3.05, 3.63) is 110 Å². The minimum Gasteiger partial charge on any atom is -0.618 e. The Morgan fingerprint density at radius 3 is 2.31 bits per heavy atom. The second-order valence-electron chi connectivity index (χ2n) is 6.73. The quantitative estimate of drug-likeness (QED) is 0.179. The summed E-state index contributed by atoms with van der Waals surface area (Å²) in [5.41, 5.74) is 0.195. The van der Waals surface area contributed by atoms with E-state index in [4.69, 9.17) is 27.9 Å².